The number of nitriles is 1. The van der Waals surface area contributed by atoms with E-state index in [4.69, 9.17) is 11.2 Å². The molecule has 0 unspecified atom stereocenters. The fourth-order valence-corrected chi connectivity index (χ4v) is 5.06. The predicted octanol–water partition coefficient (Wildman–Crippen LogP) is 5.31. The number of rotatable bonds is 6. The minimum absolute atomic E-state index is 0.0678. The molecule has 1 N–H and O–H groups in total. The molecule has 5 nitrogen and oxygen atoms in total. The van der Waals surface area contributed by atoms with Gasteiger partial charge in [0.05, 0.1) is 30.3 Å². The first-order valence-corrected chi connectivity index (χ1v) is 12.2. The van der Waals surface area contributed by atoms with E-state index < -0.39 is 23.6 Å². The number of terminal acetylenes is 1. The molecule has 0 aromatic heterocycles. The summed E-state index contributed by atoms with van der Waals surface area (Å²) in [5, 5.41) is 12.5. The summed E-state index contributed by atoms with van der Waals surface area (Å²) in [7, 11) is 0. The molecule has 0 bridgehead atoms. The van der Waals surface area contributed by atoms with Gasteiger partial charge in [0.15, 0.2) is 0 Å². The van der Waals surface area contributed by atoms with E-state index in [-0.39, 0.29) is 41.8 Å². The molecule has 2 aromatic carbocycles. The third-order valence-electron chi connectivity index (χ3n) is 6.99. The molecule has 1 amide bonds. The highest BCUT2D eigenvalue weighted by Gasteiger charge is 2.36. The van der Waals surface area contributed by atoms with Gasteiger partial charge in [-0.3, -0.25) is 4.79 Å². The highest BCUT2D eigenvalue weighted by molar-refractivity contribution is 5.80. The van der Waals surface area contributed by atoms with Crippen LogP contribution in [0.2, 0.25) is 0 Å². The summed E-state index contributed by atoms with van der Waals surface area (Å²) >= 11 is 0. The molecule has 9 heteroatoms. The predicted molar refractivity (Wildman–Crippen MR) is 130 cm³/mol. The molecule has 0 radical (unpaired) electrons. The minimum atomic E-state index is -4.56. The second-order valence-corrected chi connectivity index (χ2v) is 9.39. The molecular weight excluding hydrogens is 486 g/mol. The summed E-state index contributed by atoms with van der Waals surface area (Å²) in [5.74, 6) is 2.18. The summed E-state index contributed by atoms with van der Waals surface area (Å²) in [5.41, 5.74) is -0.630. The monoisotopic (exact) mass is 513 g/mol. The maximum Gasteiger partial charge on any atom is 0.417 e. The molecule has 2 fully saturated rings. The number of halogens is 4. The van der Waals surface area contributed by atoms with Crippen LogP contribution in [0.4, 0.5) is 17.6 Å². The number of hydrogen-bond donors (Lipinski definition) is 1. The number of nitrogens with zero attached hydrogens (tertiary/aromatic N) is 2. The summed E-state index contributed by atoms with van der Waals surface area (Å²) < 4.78 is 60.1. The lowest BCUT2D eigenvalue weighted by Crippen LogP contribution is -2.47. The van der Waals surface area contributed by atoms with Crippen LogP contribution in [-0.2, 0) is 11.0 Å². The van der Waals surface area contributed by atoms with Gasteiger partial charge in [-0.15, -0.1) is 6.42 Å². The van der Waals surface area contributed by atoms with Crippen LogP contribution in [0.3, 0.4) is 0 Å². The average Bonchev–Trinajstić information content (AvgIpc) is 3.31. The lowest BCUT2D eigenvalue weighted by molar-refractivity contribution is -0.137. The van der Waals surface area contributed by atoms with E-state index in [1.807, 2.05) is 0 Å². The van der Waals surface area contributed by atoms with Crippen molar-refractivity contribution in [2.24, 2.45) is 0 Å². The average molecular weight is 514 g/mol. The highest BCUT2D eigenvalue weighted by Crippen LogP contribution is 2.39. The fourth-order valence-electron chi connectivity index (χ4n) is 5.06. The van der Waals surface area contributed by atoms with Crippen molar-refractivity contribution in [2.75, 3.05) is 6.54 Å². The van der Waals surface area contributed by atoms with Gasteiger partial charge < -0.3 is 15.0 Å². The van der Waals surface area contributed by atoms with Gasteiger partial charge >= 0.3 is 6.18 Å². The van der Waals surface area contributed by atoms with Crippen LogP contribution in [0.5, 0.6) is 5.75 Å². The second-order valence-electron chi connectivity index (χ2n) is 9.39. The van der Waals surface area contributed by atoms with Crippen molar-refractivity contribution in [3.05, 3.63) is 53.8 Å². The quantitative estimate of drug-likeness (QED) is 0.420. The Morgan fingerprint density at radius 3 is 2.35 bits per heavy atom. The second kappa shape index (κ2) is 11.2. The highest BCUT2D eigenvalue weighted by atomic mass is 19.4. The third kappa shape index (κ3) is 6.23. The molecular formula is C28H27F4N3O2. The Morgan fingerprint density at radius 1 is 1.05 bits per heavy atom. The van der Waals surface area contributed by atoms with Crippen molar-refractivity contribution in [1.82, 2.24) is 10.2 Å². The van der Waals surface area contributed by atoms with E-state index in [1.165, 1.54) is 29.2 Å². The molecule has 1 aliphatic carbocycles. The first kappa shape index (κ1) is 26.5. The molecule has 2 aliphatic rings. The normalized spacial score (nSPS) is 23.8. The Kier molecular flexibility index (Phi) is 8.04. The minimum Gasteiger partial charge on any atom is -0.490 e. The van der Waals surface area contributed by atoms with E-state index in [1.54, 1.807) is 0 Å². The van der Waals surface area contributed by atoms with Crippen molar-refractivity contribution in [3.8, 4) is 35.3 Å². The zero-order valence-electron chi connectivity index (χ0n) is 20.1. The number of alkyl halides is 3. The molecule has 1 aliphatic heterocycles. The standard InChI is InChI=1S/C28H27F4N3O2/c1-2-21-9-10-22(16-33)35(21)27(36)17-34-20-7-11-23(12-8-20)37-24-13-14-26(28(30,31)32)25(15-24)18-3-5-19(29)6-4-18/h1,3-6,13-15,20-23,34H,7-12,17H2/t20?,21-,22-,23?/m0/s1. The molecule has 2 aromatic rings. The van der Waals surface area contributed by atoms with Gasteiger partial charge in [-0.05, 0) is 80.0 Å². The SMILES string of the molecule is C#C[C@H]1CC[C@@H](C#N)N1C(=O)CNC1CCC(Oc2ccc(C(F)(F)F)c(-c3ccc(F)cc3)c2)CC1. The lowest BCUT2D eigenvalue weighted by atomic mass is 9.92. The van der Waals surface area contributed by atoms with Gasteiger partial charge in [-0.1, -0.05) is 18.1 Å². The van der Waals surface area contributed by atoms with Crippen LogP contribution in [0.1, 0.15) is 44.1 Å². The Hall–Kier alpha value is -3.56. The van der Waals surface area contributed by atoms with Gasteiger partial charge in [0.2, 0.25) is 5.91 Å². The Balaban J connectivity index is 1.34. The number of benzene rings is 2. The molecule has 4 rings (SSSR count). The van der Waals surface area contributed by atoms with Crippen LogP contribution in [0.15, 0.2) is 42.5 Å². The van der Waals surface area contributed by atoms with Gasteiger partial charge in [0.25, 0.3) is 0 Å². The number of ether oxygens (including phenoxy) is 1. The van der Waals surface area contributed by atoms with Crippen molar-refractivity contribution in [1.29, 1.82) is 5.26 Å². The van der Waals surface area contributed by atoms with Crippen molar-refractivity contribution >= 4 is 5.91 Å². The van der Waals surface area contributed by atoms with Crippen LogP contribution in [0, 0.1) is 29.5 Å². The van der Waals surface area contributed by atoms with Crippen molar-refractivity contribution < 1.29 is 27.1 Å². The van der Waals surface area contributed by atoms with Gasteiger partial charge in [-0.2, -0.15) is 18.4 Å². The maximum absolute atomic E-state index is 13.6. The van der Waals surface area contributed by atoms with Crippen LogP contribution < -0.4 is 10.1 Å². The first-order chi connectivity index (χ1) is 17.7. The maximum atomic E-state index is 13.6. The molecule has 2 atom stereocenters. The Morgan fingerprint density at radius 2 is 1.73 bits per heavy atom. The van der Waals surface area contributed by atoms with Gasteiger partial charge in [-0.25, -0.2) is 4.39 Å². The van der Waals surface area contributed by atoms with Crippen molar-refractivity contribution in [2.45, 2.75) is 68.9 Å². The number of nitrogens with one attached hydrogen (secondary N) is 1. The van der Waals surface area contributed by atoms with Gasteiger partial charge in [0, 0.05) is 6.04 Å². The summed E-state index contributed by atoms with van der Waals surface area (Å²) in [6.45, 7) is 0.0898. The number of hydrogen-bond acceptors (Lipinski definition) is 4. The van der Waals surface area contributed by atoms with E-state index in [2.05, 4.69) is 17.3 Å². The van der Waals surface area contributed by atoms with Crippen LogP contribution >= 0.6 is 0 Å². The molecule has 37 heavy (non-hydrogen) atoms. The lowest BCUT2D eigenvalue weighted by Gasteiger charge is -2.31. The first-order valence-electron chi connectivity index (χ1n) is 12.2. The van der Waals surface area contributed by atoms with E-state index in [9.17, 15) is 27.6 Å². The number of carbonyl (C=O) groups is 1. The van der Waals surface area contributed by atoms with Crippen LogP contribution in [-0.4, -0.2) is 41.6 Å². The topological polar surface area (TPSA) is 65.4 Å². The number of likely N-dealkylation sites (tertiary alicyclic amines) is 1. The van der Waals surface area contributed by atoms with Gasteiger partial charge in [0.1, 0.15) is 17.6 Å². The van der Waals surface area contributed by atoms with E-state index in [0.29, 0.717) is 31.4 Å². The van der Waals surface area contributed by atoms with E-state index >= 15 is 0 Å². The van der Waals surface area contributed by atoms with Crippen molar-refractivity contribution in [3.63, 3.8) is 0 Å². The molecule has 194 valence electrons. The zero-order valence-corrected chi connectivity index (χ0v) is 20.1. The molecule has 0 spiro atoms. The van der Waals surface area contributed by atoms with Crippen LogP contribution in [0.25, 0.3) is 11.1 Å². The number of amides is 1. The molecule has 1 saturated heterocycles. The summed E-state index contributed by atoms with van der Waals surface area (Å²) in [6.07, 6.45) is 4.74. The molecule has 1 saturated carbocycles. The summed E-state index contributed by atoms with van der Waals surface area (Å²) in [4.78, 5) is 14.2. The molecule has 1 heterocycles. The Bertz CT molecular complexity index is 1170. The largest absolute Gasteiger partial charge is 0.490 e. The number of carbonyl (C=O) groups excluding carboxylic acids is 1. The third-order valence-corrected chi connectivity index (χ3v) is 6.99. The smallest absolute Gasteiger partial charge is 0.417 e. The zero-order chi connectivity index (χ0) is 26.6. The summed E-state index contributed by atoms with van der Waals surface area (Å²) in [6, 6.07) is 9.89. The fraction of sp³-hybridized carbons (Fsp3) is 0.429. The van der Waals surface area contributed by atoms with E-state index in [0.717, 1.165) is 31.0 Å². The Labute approximate surface area is 213 Å².